The van der Waals surface area contributed by atoms with Crippen LogP contribution in [0.25, 0.3) is 0 Å². The van der Waals surface area contributed by atoms with E-state index in [0.29, 0.717) is 0 Å². The van der Waals surface area contributed by atoms with E-state index in [-0.39, 0.29) is 16.5 Å². The first-order valence-electron chi connectivity index (χ1n) is 1.55. The summed E-state index contributed by atoms with van der Waals surface area (Å²) >= 11 is 0. The van der Waals surface area contributed by atoms with Gasteiger partial charge in [0.25, 0.3) is 0 Å². The first kappa shape index (κ1) is 23.2. The average molecular weight is 302 g/mol. The molecule has 0 spiro atoms. The van der Waals surface area contributed by atoms with Crippen LogP contribution in [0.2, 0.25) is 0 Å². The van der Waals surface area contributed by atoms with Crippen molar-refractivity contribution < 1.29 is 55.4 Å². The summed E-state index contributed by atoms with van der Waals surface area (Å²) in [4.78, 5) is 0. The molecule has 0 unspecified atom stereocenters. The maximum Gasteiger partial charge on any atom is 3.00 e. The normalized spacial score (nSPS) is 7.85. The Bertz CT molecular complexity index is 208. The Morgan fingerprint density at radius 1 is 0.538 bits per heavy atom. The van der Waals surface area contributed by atoms with Crippen LogP contribution in [0.3, 0.4) is 0 Å². The number of hydrogen-bond donors (Lipinski definition) is 3. The van der Waals surface area contributed by atoms with E-state index in [1.54, 1.807) is 0 Å². The molecule has 1 radical (unpaired) electrons. The smallest absolute Gasteiger partial charge is 0.439 e. The second kappa shape index (κ2) is 18.1. The van der Waals surface area contributed by atoms with Crippen LogP contribution < -0.4 is 0 Å². The maximum atomic E-state index is 8.56. The van der Waals surface area contributed by atoms with Crippen molar-refractivity contribution in [3.05, 3.63) is 0 Å². The zero-order valence-electron chi connectivity index (χ0n) is 5.33. The fourth-order valence-electron chi connectivity index (χ4n) is 0. The molecule has 9 nitrogen and oxygen atoms in total. The van der Waals surface area contributed by atoms with E-state index in [0.717, 1.165) is 0 Å². The Morgan fingerprint density at radius 2 is 0.538 bits per heavy atom. The summed E-state index contributed by atoms with van der Waals surface area (Å²) in [5, 5.41) is 0. The summed E-state index contributed by atoms with van der Waals surface area (Å²) in [5.41, 5.74) is 0. The van der Waals surface area contributed by atoms with E-state index in [2.05, 4.69) is 0 Å². The Balaban J connectivity index is -0.0000000450. The van der Waals surface area contributed by atoms with Gasteiger partial charge in [0.05, 0.1) is 0 Å². The third kappa shape index (κ3) is 25600. The SMILES string of the molecule is O=[S-](=O)O.O=[S-](=O)O.O=[S-](=O)O.[Ni+3]. The van der Waals surface area contributed by atoms with Gasteiger partial charge in [0.2, 0.25) is 0 Å². The molecule has 85 valence electrons. The number of hydrogen-bond acceptors (Lipinski definition) is 9. The largest absolute Gasteiger partial charge is 3.00 e. The Hall–Kier alpha value is 0.224. The molecule has 0 saturated heterocycles. The van der Waals surface area contributed by atoms with Gasteiger partial charge in [-0.3, -0.25) is 0 Å². The van der Waals surface area contributed by atoms with Gasteiger partial charge < -0.3 is 38.9 Å². The second-order valence-corrected chi connectivity index (χ2v) is 1.95. The van der Waals surface area contributed by atoms with E-state index in [1.807, 2.05) is 0 Å². The molecule has 0 aromatic rings. The molecule has 0 atom stereocenters. The van der Waals surface area contributed by atoms with Crippen molar-refractivity contribution >= 4 is 33.0 Å². The number of rotatable bonds is 0. The van der Waals surface area contributed by atoms with Gasteiger partial charge >= 0.3 is 16.5 Å². The quantitative estimate of drug-likeness (QED) is 0.227. The molecule has 0 aliphatic carbocycles. The standard InChI is InChI=1S/Ni.3HO3S/c;3*1-4(2)3/h;3*(H,1,2,3)/q+3;3*-1. The van der Waals surface area contributed by atoms with E-state index >= 15 is 0 Å². The average Bonchev–Trinajstić information content (AvgIpc) is 1.54. The van der Waals surface area contributed by atoms with E-state index < -0.39 is 33.0 Å². The van der Waals surface area contributed by atoms with Crippen molar-refractivity contribution in [1.29, 1.82) is 0 Å². The minimum atomic E-state index is -2.86. The molecule has 0 saturated carbocycles. The van der Waals surface area contributed by atoms with Gasteiger partial charge in [-0.2, -0.15) is 0 Å². The minimum Gasteiger partial charge on any atom is -0.439 e. The Morgan fingerprint density at radius 3 is 0.538 bits per heavy atom. The van der Waals surface area contributed by atoms with E-state index in [4.69, 9.17) is 38.9 Å². The van der Waals surface area contributed by atoms with Gasteiger partial charge in [-0.25, -0.2) is 0 Å². The molecular weight excluding hydrogens is 299 g/mol. The van der Waals surface area contributed by atoms with Crippen LogP contribution in [-0.2, 0) is 74.7 Å². The van der Waals surface area contributed by atoms with Crippen molar-refractivity contribution in [2.75, 3.05) is 0 Å². The van der Waals surface area contributed by atoms with Crippen molar-refractivity contribution in [3.8, 4) is 0 Å². The Labute approximate surface area is 88.4 Å². The van der Waals surface area contributed by atoms with Crippen LogP contribution in [0.15, 0.2) is 0 Å². The molecule has 0 bridgehead atoms. The van der Waals surface area contributed by atoms with Crippen LogP contribution in [0.5, 0.6) is 0 Å². The molecule has 3 N–H and O–H groups in total. The molecule has 0 aromatic heterocycles. The molecule has 0 fully saturated rings. The fourth-order valence-corrected chi connectivity index (χ4v) is 0. The molecular formula is H3NiO9S3. The third-order valence-electron chi connectivity index (χ3n) is 0. The summed E-state index contributed by atoms with van der Waals surface area (Å²) in [6, 6.07) is 0. The van der Waals surface area contributed by atoms with Crippen LogP contribution in [0, 0.1) is 0 Å². The van der Waals surface area contributed by atoms with Crippen molar-refractivity contribution in [1.82, 2.24) is 0 Å². The summed E-state index contributed by atoms with van der Waals surface area (Å²) in [6.45, 7) is 0. The molecule has 0 aliphatic rings. The van der Waals surface area contributed by atoms with Crippen molar-refractivity contribution in [2.45, 2.75) is 0 Å². The molecule has 0 rings (SSSR count). The topological polar surface area (TPSA) is 163 Å². The summed E-state index contributed by atoms with van der Waals surface area (Å²) in [5.74, 6) is 0. The zero-order valence-corrected chi connectivity index (χ0v) is 8.77. The molecule has 0 heterocycles. The van der Waals surface area contributed by atoms with Crippen LogP contribution >= 0.6 is 0 Å². The predicted molar refractivity (Wildman–Crippen MR) is 34.1 cm³/mol. The zero-order chi connectivity index (χ0) is 10.7. The van der Waals surface area contributed by atoms with Gasteiger partial charge in [0.15, 0.2) is 0 Å². The predicted octanol–water partition coefficient (Wildman–Crippen LogP) is -0.696. The molecule has 0 aliphatic heterocycles. The Kier molecular flexibility index (Phi) is 32.3. The first-order valence-corrected chi connectivity index (χ1v) is 4.64. The summed E-state index contributed by atoms with van der Waals surface area (Å²) in [6.07, 6.45) is 0. The first-order chi connectivity index (χ1) is 5.20. The van der Waals surface area contributed by atoms with Crippen LogP contribution in [0.1, 0.15) is 0 Å². The van der Waals surface area contributed by atoms with Crippen LogP contribution in [0.4, 0.5) is 0 Å². The van der Waals surface area contributed by atoms with Crippen molar-refractivity contribution in [2.24, 2.45) is 0 Å². The second-order valence-electron chi connectivity index (χ2n) is 0.651. The van der Waals surface area contributed by atoms with E-state index in [9.17, 15) is 0 Å². The molecule has 13 heteroatoms. The molecule has 13 heavy (non-hydrogen) atoms. The molecule has 0 amide bonds. The summed E-state index contributed by atoms with van der Waals surface area (Å²) < 4.78 is 72.2. The van der Waals surface area contributed by atoms with Gasteiger partial charge in [-0.15, -0.1) is 0 Å². The van der Waals surface area contributed by atoms with E-state index in [1.165, 1.54) is 0 Å². The van der Waals surface area contributed by atoms with Crippen LogP contribution in [-0.4, -0.2) is 13.7 Å². The van der Waals surface area contributed by atoms with Gasteiger partial charge in [-0.05, 0) is 0 Å². The maximum absolute atomic E-state index is 8.56. The molecule has 0 aromatic carbocycles. The third-order valence-corrected chi connectivity index (χ3v) is 0. The summed E-state index contributed by atoms with van der Waals surface area (Å²) in [7, 11) is -8.58. The van der Waals surface area contributed by atoms with Gasteiger partial charge in [0, 0.05) is 33.0 Å². The monoisotopic (exact) mass is 301 g/mol. The van der Waals surface area contributed by atoms with Gasteiger partial charge in [0.1, 0.15) is 0 Å². The minimum absolute atomic E-state index is 0. The fraction of sp³-hybridized carbons (Fsp3) is 0. The van der Waals surface area contributed by atoms with Gasteiger partial charge in [-0.1, -0.05) is 0 Å². The van der Waals surface area contributed by atoms with Crippen molar-refractivity contribution in [3.63, 3.8) is 0 Å².